The fourth-order valence-electron chi connectivity index (χ4n) is 2.12. The smallest absolute Gasteiger partial charge is 0.344 e. The number of nitrogens with one attached hydrogen (secondary N) is 1. The molecule has 0 aliphatic carbocycles. The lowest BCUT2D eigenvalue weighted by Gasteiger charge is -2.15. The van der Waals surface area contributed by atoms with E-state index in [1.807, 2.05) is 0 Å². The summed E-state index contributed by atoms with van der Waals surface area (Å²) in [4.78, 5) is 34.8. The van der Waals surface area contributed by atoms with Crippen molar-refractivity contribution < 1.29 is 33.0 Å². The highest BCUT2D eigenvalue weighted by atomic mass is 35.5. The number of hydrogen-bond acceptors (Lipinski definition) is 6. The summed E-state index contributed by atoms with van der Waals surface area (Å²) in [7, 11) is 1.39. The number of halogens is 2. The van der Waals surface area contributed by atoms with Crippen LogP contribution in [0, 0.1) is 5.82 Å². The largest absolute Gasteiger partial charge is 0.493 e. The van der Waals surface area contributed by atoms with Gasteiger partial charge >= 0.3 is 5.97 Å². The van der Waals surface area contributed by atoms with Crippen molar-refractivity contribution in [3.63, 3.8) is 0 Å². The van der Waals surface area contributed by atoms with E-state index in [0.717, 1.165) is 12.1 Å². The van der Waals surface area contributed by atoms with Gasteiger partial charge in [-0.2, -0.15) is 0 Å². The minimum absolute atomic E-state index is 0.0149. The minimum Gasteiger partial charge on any atom is -0.493 e. The summed E-state index contributed by atoms with van der Waals surface area (Å²) in [5, 5.41) is 2.45. The van der Waals surface area contributed by atoms with E-state index in [-0.39, 0.29) is 22.2 Å². The van der Waals surface area contributed by atoms with Crippen LogP contribution in [0.5, 0.6) is 11.5 Å². The van der Waals surface area contributed by atoms with Crippen LogP contribution >= 0.6 is 11.6 Å². The number of rotatable bonds is 8. The average Bonchev–Trinajstić information content (AvgIpc) is 2.68. The van der Waals surface area contributed by atoms with Crippen molar-refractivity contribution in [3.8, 4) is 11.5 Å². The molecule has 0 aromatic heterocycles. The van der Waals surface area contributed by atoms with Gasteiger partial charge in [-0.15, -0.1) is 0 Å². The predicted octanol–water partition coefficient (Wildman–Crippen LogP) is 3.25. The minimum atomic E-state index is -1.14. The summed E-state index contributed by atoms with van der Waals surface area (Å²) < 4.78 is 28.4. The molecule has 0 saturated carbocycles. The van der Waals surface area contributed by atoms with Gasteiger partial charge in [0.25, 0.3) is 5.91 Å². The number of aldehydes is 1. The number of ether oxygens (including phenoxy) is 3. The maximum absolute atomic E-state index is 13.0. The van der Waals surface area contributed by atoms with Crippen LogP contribution < -0.4 is 14.8 Å². The Bertz CT molecular complexity index is 889. The van der Waals surface area contributed by atoms with Crippen molar-refractivity contribution in [2.75, 3.05) is 19.0 Å². The highest BCUT2D eigenvalue weighted by Crippen LogP contribution is 2.27. The maximum Gasteiger partial charge on any atom is 0.344 e. The molecule has 0 saturated heterocycles. The van der Waals surface area contributed by atoms with Gasteiger partial charge in [0.15, 0.2) is 24.2 Å². The zero-order valence-electron chi connectivity index (χ0n) is 15.0. The molecular formula is C19H17ClFNO6. The number of hydrogen-bond donors (Lipinski definition) is 1. The number of carbonyl (C=O) groups is 3. The van der Waals surface area contributed by atoms with Gasteiger partial charge in [-0.05, 0) is 43.3 Å². The Morgan fingerprint density at radius 1 is 1.21 bits per heavy atom. The lowest BCUT2D eigenvalue weighted by molar-refractivity contribution is -0.155. The van der Waals surface area contributed by atoms with E-state index in [9.17, 15) is 18.8 Å². The maximum atomic E-state index is 13.0. The Kier molecular flexibility index (Phi) is 7.34. The number of carbonyl (C=O) groups excluding carboxylic acids is 3. The zero-order valence-corrected chi connectivity index (χ0v) is 15.8. The molecule has 2 rings (SSSR count). The second-order valence-corrected chi connectivity index (χ2v) is 5.97. The van der Waals surface area contributed by atoms with Gasteiger partial charge in [0.2, 0.25) is 0 Å². The van der Waals surface area contributed by atoms with Crippen LogP contribution in [-0.4, -0.2) is 38.0 Å². The van der Waals surface area contributed by atoms with Gasteiger partial charge < -0.3 is 19.5 Å². The van der Waals surface area contributed by atoms with E-state index in [1.54, 1.807) is 0 Å². The molecule has 7 nitrogen and oxygen atoms in total. The van der Waals surface area contributed by atoms with E-state index in [0.29, 0.717) is 11.8 Å². The van der Waals surface area contributed by atoms with Gasteiger partial charge in [-0.1, -0.05) is 11.6 Å². The summed E-state index contributed by atoms with van der Waals surface area (Å²) in [5.41, 5.74) is 0.573. The molecule has 0 fully saturated rings. The van der Waals surface area contributed by atoms with Gasteiger partial charge in [-0.25, -0.2) is 9.18 Å². The molecule has 9 heteroatoms. The molecule has 0 aliphatic rings. The van der Waals surface area contributed by atoms with E-state index < -0.39 is 30.4 Å². The van der Waals surface area contributed by atoms with Crippen molar-refractivity contribution in [2.24, 2.45) is 0 Å². The standard InChI is InChI=1S/C19H17ClFNO6/c1-11(19(25)22-15-5-4-13(21)8-14(15)20)28-18(24)10-27-16-6-3-12(9-23)7-17(16)26-2/h3-9,11H,10H2,1-2H3,(H,22,25)/t11-/m1/s1. The molecule has 28 heavy (non-hydrogen) atoms. The first kappa shape index (κ1) is 21.2. The van der Waals surface area contributed by atoms with E-state index in [4.69, 9.17) is 25.8 Å². The van der Waals surface area contributed by atoms with Crippen LogP contribution in [0.1, 0.15) is 17.3 Å². The molecule has 0 radical (unpaired) electrons. The first-order valence-electron chi connectivity index (χ1n) is 8.05. The van der Waals surface area contributed by atoms with Crippen molar-refractivity contribution in [3.05, 3.63) is 52.8 Å². The normalized spacial score (nSPS) is 11.3. The molecule has 0 unspecified atom stereocenters. The Morgan fingerprint density at radius 2 is 1.96 bits per heavy atom. The Labute approximate surface area is 165 Å². The Hall–Kier alpha value is -3.13. The van der Waals surface area contributed by atoms with Crippen molar-refractivity contribution in [2.45, 2.75) is 13.0 Å². The average molecular weight is 410 g/mol. The predicted molar refractivity (Wildman–Crippen MR) is 99.5 cm³/mol. The summed E-state index contributed by atoms with van der Waals surface area (Å²) in [6.45, 7) is 0.885. The fraction of sp³-hybridized carbons (Fsp3) is 0.211. The van der Waals surface area contributed by atoms with E-state index >= 15 is 0 Å². The lowest BCUT2D eigenvalue weighted by atomic mass is 10.2. The molecule has 1 atom stereocenters. The third-order valence-corrected chi connectivity index (χ3v) is 3.85. The number of benzene rings is 2. The molecule has 148 valence electrons. The topological polar surface area (TPSA) is 90.9 Å². The molecule has 0 spiro atoms. The van der Waals surface area contributed by atoms with Crippen LogP contribution in [0.4, 0.5) is 10.1 Å². The first-order valence-corrected chi connectivity index (χ1v) is 8.43. The molecule has 0 heterocycles. The van der Waals surface area contributed by atoms with Crippen LogP contribution in [0.25, 0.3) is 0 Å². The Morgan fingerprint density at radius 3 is 2.61 bits per heavy atom. The number of esters is 1. The van der Waals surface area contributed by atoms with Crippen molar-refractivity contribution >= 4 is 35.5 Å². The van der Waals surface area contributed by atoms with Crippen LogP contribution in [0.15, 0.2) is 36.4 Å². The molecule has 1 amide bonds. The van der Waals surface area contributed by atoms with Crippen molar-refractivity contribution in [1.29, 1.82) is 0 Å². The fourth-order valence-corrected chi connectivity index (χ4v) is 2.34. The third kappa shape index (κ3) is 5.68. The van der Waals surface area contributed by atoms with Crippen LogP contribution in [0.2, 0.25) is 5.02 Å². The van der Waals surface area contributed by atoms with Crippen molar-refractivity contribution in [1.82, 2.24) is 0 Å². The highest BCUT2D eigenvalue weighted by molar-refractivity contribution is 6.33. The molecule has 2 aromatic rings. The lowest BCUT2D eigenvalue weighted by Crippen LogP contribution is -2.31. The monoisotopic (exact) mass is 409 g/mol. The van der Waals surface area contributed by atoms with Gasteiger partial charge in [0.05, 0.1) is 17.8 Å². The van der Waals surface area contributed by atoms with Crippen LogP contribution in [0.3, 0.4) is 0 Å². The molecule has 1 N–H and O–H groups in total. The molecule has 0 bridgehead atoms. The molecule has 0 aliphatic heterocycles. The highest BCUT2D eigenvalue weighted by Gasteiger charge is 2.20. The first-order chi connectivity index (χ1) is 13.3. The van der Waals surface area contributed by atoms with Gasteiger partial charge in [-0.3, -0.25) is 9.59 Å². The summed E-state index contributed by atoms with van der Waals surface area (Å²) in [5.74, 6) is -1.48. The number of anilines is 1. The number of methoxy groups -OCH3 is 1. The Balaban J connectivity index is 1.90. The summed E-state index contributed by atoms with van der Waals surface area (Å²) in [6.07, 6.45) is -0.495. The zero-order chi connectivity index (χ0) is 20.7. The summed E-state index contributed by atoms with van der Waals surface area (Å²) >= 11 is 5.84. The number of amides is 1. The molecular weight excluding hydrogens is 393 g/mol. The third-order valence-electron chi connectivity index (χ3n) is 3.54. The van der Waals surface area contributed by atoms with E-state index in [1.165, 1.54) is 38.3 Å². The second kappa shape index (κ2) is 9.70. The second-order valence-electron chi connectivity index (χ2n) is 5.56. The van der Waals surface area contributed by atoms with Gasteiger partial charge in [0, 0.05) is 5.56 Å². The quantitative estimate of drug-likeness (QED) is 0.531. The summed E-state index contributed by atoms with van der Waals surface area (Å²) in [6, 6.07) is 7.90. The SMILES string of the molecule is COc1cc(C=O)ccc1OCC(=O)O[C@H](C)C(=O)Nc1ccc(F)cc1Cl. The molecule has 2 aromatic carbocycles. The van der Waals surface area contributed by atoms with Gasteiger partial charge in [0.1, 0.15) is 12.1 Å². The van der Waals surface area contributed by atoms with E-state index in [2.05, 4.69) is 5.32 Å². The van der Waals surface area contributed by atoms with Crippen LogP contribution in [-0.2, 0) is 14.3 Å².